The van der Waals surface area contributed by atoms with Crippen LogP contribution in [0.15, 0.2) is 152 Å². The van der Waals surface area contributed by atoms with E-state index >= 15 is 14.4 Å². The number of hydrogen-bond donors (Lipinski definition) is 28. The summed E-state index contributed by atoms with van der Waals surface area (Å²) in [4.78, 5) is 303. The number of aromatic nitrogens is 3. The van der Waals surface area contributed by atoms with Crippen LogP contribution in [0.2, 0.25) is 0 Å². The molecule has 0 unspecified atom stereocenters. The van der Waals surface area contributed by atoms with Gasteiger partial charge in [-0.1, -0.05) is 143 Å². The largest absolute Gasteiger partial charge is 0.481 e. The molecule has 3 heterocycles. The van der Waals surface area contributed by atoms with Crippen molar-refractivity contribution in [1.29, 1.82) is 0 Å². The van der Waals surface area contributed by atoms with Gasteiger partial charge in [0.05, 0.1) is 25.3 Å². The molecule has 5 aromatic carbocycles. The van der Waals surface area contributed by atoms with Gasteiger partial charge in [-0.2, -0.15) is 25.3 Å². The molecular weight excluding hydrogens is 1960 g/mol. The van der Waals surface area contributed by atoms with Crippen molar-refractivity contribution in [1.82, 2.24) is 94.7 Å². The number of aromatic amines is 3. The highest BCUT2D eigenvalue weighted by molar-refractivity contribution is 7.80. The Morgan fingerprint density at radius 1 is 0.311 bits per heavy atom. The molecule has 0 fully saturated rings. The lowest BCUT2D eigenvalue weighted by Crippen LogP contribution is -2.62. The van der Waals surface area contributed by atoms with Crippen LogP contribution in [-0.4, -0.2) is 264 Å². The Bertz CT molecular complexity index is 6060. The number of carboxylic acid groups (broad SMARTS) is 2. The van der Waals surface area contributed by atoms with Gasteiger partial charge in [0.25, 0.3) is 0 Å². The highest BCUT2D eigenvalue weighted by Gasteiger charge is 2.41. The average molecular weight is 2090 g/mol. The molecule has 0 aliphatic heterocycles. The molecule has 148 heavy (non-hydrogen) atoms. The fourth-order valence-electron chi connectivity index (χ4n) is 16.1. The van der Waals surface area contributed by atoms with Crippen LogP contribution in [0.1, 0.15) is 133 Å². The number of aliphatic carboxylic acids is 2. The lowest BCUT2D eigenvalue weighted by molar-refractivity contribution is -0.142. The number of rotatable bonds is 62. The third-order valence-corrected chi connectivity index (χ3v) is 24.7. The molecule has 19 amide bonds. The van der Waals surface area contributed by atoms with E-state index in [1.54, 1.807) is 174 Å². The second kappa shape index (κ2) is 57.8. The van der Waals surface area contributed by atoms with Crippen molar-refractivity contribution < 1.29 is 111 Å². The molecule has 0 bridgehead atoms. The zero-order valence-corrected chi connectivity index (χ0v) is 83.9. The van der Waals surface area contributed by atoms with E-state index in [9.17, 15) is 96.5 Å². The average Bonchev–Trinajstić information content (AvgIpc) is 1.70. The second-order valence-electron chi connectivity index (χ2n) is 36.5. The van der Waals surface area contributed by atoms with Gasteiger partial charge in [-0.25, -0.2) is 0 Å². The number of fused-ring (bicyclic) bond motifs is 3. The predicted molar refractivity (Wildman–Crippen MR) is 548 cm³/mol. The van der Waals surface area contributed by atoms with Gasteiger partial charge in [-0.3, -0.25) is 101 Å². The first-order chi connectivity index (χ1) is 70.3. The van der Waals surface area contributed by atoms with Crippen molar-refractivity contribution in [2.45, 2.75) is 234 Å². The number of hydrogen-bond acceptors (Lipinski definition) is 25. The maximum atomic E-state index is 15.4. The number of nitrogens with one attached hydrogen (secondary N) is 18. The second-order valence-corrected chi connectivity index (χ2v) is 37.2. The topological polar surface area (TPSA) is 783 Å². The summed E-state index contributed by atoms with van der Waals surface area (Å²) >= 11 is 8.64. The van der Waals surface area contributed by atoms with Gasteiger partial charge in [-0.15, -0.1) is 0 Å². The summed E-state index contributed by atoms with van der Waals surface area (Å²) in [6, 6.07) is 10.5. The molecule has 16 atom stereocenters. The third kappa shape index (κ3) is 36.8. The van der Waals surface area contributed by atoms with Crippen molar-refractivity contribution in [3.05, 3.63) is 180 Å². The number of amides is 19. The smallest absolute Gasteiger partial charge is 0.325 e. The number of primary amides is 4. The number of para-hydroxylation sites is 3. The van der Waals surface area contributed by atoms with E-state index in [1.807, 2.05) is 0 Å². The fraction of sp³-hybridized carbons (Fsp3) is 0.424. The molecule has 0 aliphatic rings. The lowest BCUT2D eigenvalue weighted by Gasteiger charge is -2.29. The third-order valence-electron chi connectivity index (χ3n) is 24.0. The Morgan fingerprint density at radius 2 is 0.608 bits per heavy atom. The van der Waals surface area contributed by atoms with Crippen LogP contribution < -0.4 is 114 Å². The number of nitrogens with two attached hydrogens (primary N) is 6. The number of thiol groups is 2. The number of carbonyl (C=O) groups is 21. The van der Waals surface area contributed by atoms with Crippen molar-refractivity contribution in [2.24, 2.45) is 46.2 Å². The normalized spacial score (nSPS) is 14.5. The first-order valence-corrected chi connectivity index (χ1v) is 49.1. The highest BCUT2D eigenvalue weighted by atomic mass is 32.1. The minimum absolute atomic E-state index is 0.0629. The van der Waals surface area contributed by atoms with Gasteiger partial charge in [0.2, 0.25) is 112 Å². The molecule has 32 N–H and O–H groups in total. The number of unbranched alkanes of at least 4 members (excludes halogenated alkanes) is 1. The summed E-state index contributed by atoms with van der Waals surface area (Å²) in [5.74, 6) is -25.3. The molecule has 47 nitrogen and oxygen atoms in total. The quantitative estimate of drug-likeness (QED) is 0.0132. The number of carboxylic acids is 2. The monoisotopic (exact) mass is 2090 g/mol. The van der Waals surface area contributed by atoms with E-state index in [-0.39, 0.29) is 57.9 Å². The van der Waals surface area contributed by atoms with Gasteiger partial charge in [0.1, 0.15) is 90.6 Å². The SMILES string of the molecule is CC(C)C[C@H](NC(=O)[C@H](CC(N)=O)NC(=O)[C@H](CS)NC(=O)[C@@H](NC(=O)[C@H](Cc1c[nH]c2ccccc12)NC(=O)[C@@H](N)CC(N)=O)C(C)C)C(=O)N[C@@H](Cc1ccccc1)C(=O)N[C@@H](CCCCN)C(=O)N[C@@H](CC(N)=O)C(=O)N[C@@H](CCC(N)=O)C(=O)N[C@@H](Cc1c[nH]c2ccccc12)C(=O)N[C@@H](Cc1ccccc1)C(=O)N[C@@H](CS)C(=O)N[C@@H](CCC(=O)O)C(=O)N[C@@H](Cc1c[nH]c2ccccc12)C(=O)N[C@@H](C)C(=O)O. The molecule has 0 aliphatic carbocycles. The first-order valence-electron chi connectivity index (χ1n) is 47.9. The van der Waals surface area contributed by atoms with Crippen LogP contribution >= 0.6 is 25.3 Å². The van der Waals surface area contributed by atoms with Crippen molar-refractivity contribution in [3.63, 3.8) is 0 Å². The molecule has 0 spiro atoms. The zero-order valence-electron chi connectivity index (χ0n) is 82.1. The van der Waals surface area contributed by atoms with E-state index in [1.165, 1.54) is 13.1 Å². The Hall–Kier alpha value is -15.8. The Morgan fingerprint density at radius 3 is 0.966 bits per heavy atom. The van der Waals surface area contributed by atoms with Crippen LogP contribution in [-0.2, 0) is 133 Å². The van der Waals surface area contributed by atoms with Gasteiger partial charge in [0, 0.05) is 108 Å². The predicted octanol–water partition coefficient (Wildman–Crippen LogP) is -3.21. The van der Waals surface area contributed by atoms with Gasteiger partial charge >= 0.3 is 11.9 Å². The number of carbonyl (C=O) groups excluding carboxylic acids is 19. The number of H-pyrrole nitrogens is 3. The van der Waals surface area contributed by atoms with E-state index in [0.717, 1.165) is 0 Å². The van der Waals surface area contributed by atoms with Crippen molar-refractivity contribution in [2.75, 3.05) is 18.1 Å². The number of benzene rings is 5. The summed E-state index contributed by atoms with van der Waals surface area (Å²) in [6.07, 6.45) is -1.86. The molecule has 0 saturated heterocycles. The summed E-state index contributed by atoms with van der Waals surface area (Å²) in [7, 11) is 0. The van der Waals surface area contributed by atoms with Gasteiger partial charge in [-0.05, 0) is 110 Å². The zero-order chi connectivity index (χ0) is 109. The maximum Gasteiger partial charge on any atom is 0.325 e. The van der Waals surface area contributed by atoms with E-state index in [0.29, 0.717) is 60.5 Å². The summed E-state index contributed by atoms with van der Waals surface area (Å²) in [5.41, 5.74) is 38.5. The van der Waals surface area contributed by atoms with Gasteiger partial charge < -0.3 is 139 Å². The molecule has 49 heteroatoms. The van der Waals surface area contributed by atoms with Gasteiger partial charge in [0.15, 0.2) is 0 Å². The summed E-state index contributed by atoms with van der Waals surface area (Å²) in [5, 5.41) is 59.2. The van der Waals surface area contributed by atoms with Crippen molar-refractivity contribution >= 4 is 182 Å². The molecule has 3 aromatic heterocycles. The lowest BCUT2D eigenvalue weighted by atomic mass is 9.99. The van der Waals surface area contributed by atoms with Crippen LogP contribution in [0.4, 0.5) is 0 Å². The van der Waals surface area contributed by atoms with E-state index in [4.69, 9.17) is 34.4 Å². The molecule has 8 rings (SSSR count). The summed E-state index contributed by atoms with van der Waals surface area (Å²) in [6.45, 7) is 7.72. The minimum Gasteiger partial charge on any atom is -0.481 e. The highest BCUT2D eigenvalue weighted by Crippen LogP contribution is 2.25. The first kappa shape index (κ1) is 117. The molecule has 8 aromatic rings. The van der Waals surface area contributed by atoms with E-state index < -0.39 is 296 Å². The van der Waals surface area contributed by atoms with Crippen LogP contribution in [0.3, 0.4) is 0 Å². The maximum absolute atomic E-state index is 15.4. The van der Waals surface area contributed by atoms with Crippen LogP contribution in [0.25, 0.3) is 32.7 Å². The molecule has 796 valence electrons. The van der Waals surface area contributed by atoms with Crippen LogP contribution in [0.5, 0.6) is 0 Å². The molecular formula is C99H130N24O23S2. The fourth-order valence-corrected chi connectivity index (χ4v) is 16.6. The Labute approximate surface area is 861 Å². The molecule has 0 radical (unpaired) electrons. The Balaban J connectivity index is 1.00. The van der Waals surface area contributed by atoms with Crippen molar-refractivity contribution in [3.8, 4) is 0 Å². The van der Waals surface area contributed by atoms with E-state index in [2.05, 4.69) is 120 Å². The Kier molecular flexibility index (Phi) is 45.9. The minimum atomic E-state index is -2.03. The molecule has 0 saturated carbocycles. The summed E-state index contributed by atoms with van der Waals surface area (Å²) < 4.78 is 0. The van der Waals surface area contributed by atoms with Crippen LogP contribution in [0, 0.1) is 11.8 Å². The standard InChI is InChI=1S/C99H130N24O23S2/c1-50(2)36-68(114-94(140)75(44-81(105)127)120-97(143)77(49-148)122-98(144)83(51(3)4)123-95(141)73(113-84(130)61(101)42-79(103)125)41-57-47-108-64-29-17-14-26-60(57)64)89(135)115-69(37-53-20-8-6-9-21-53)90(136)110-65(30-18-19-35-100)85(131)119-74(43-80(104)126)93(139)111-66(31-33-78(102)124)86(132)118-72(40-56-46-107-63-28-16-13-25-59(56)63)92(138)116-70(38-54-22-10-7-11-23-54)91(137)121-76(48-147)96(142)112-67(32-34-82(128)129)87(133)117-71(88(134)109-52(5)99(145)146)39-55-45-106-62-27-15-12-24-58(55)62/h6-17,20-29,45-47,50-52,61,65-77,83,106-108,147-148H,18-19,30-44,48-49,100-101H2,1-5H3,(H2,102,124)(H2,103,125)(H2,104,126)(H2,105,127)(H,109,134)(H,110,136)(H,111,139)(H,112,142)(H,113,130)(H,114,140)(H,115,135)(H,116,138)(H,117,133)(H,118,132)(H,119,131)(H,120,143)(H,121,137)(H,122,144)(H,123,141)(H,128,129)(H,145,146)/t52-,61-,65-,66-,67-,68-,69-,70-,71-,72-,73-,74-,75-,76-,77-,83-/m0/s1.